The molecule has 0 bridgehead atoms. The van der Waals surface area contributed by atoms with Crippen LogP contribution in [0.3, 0.4) is 0 Å². The average molecular weight is 534 g/mol. The number of hydrogen-bond acceptors (Lipinski definition) is 7. The van der Waals surface area contributed by atoms with Crippen LogP contribution >= 0.6 is 0 Å². The molecule has 39 heavy (non-hydrogen) atoms. The van der Waals surface area contributed by atoms with Gasteiger partial charge in [0.1, 0.15) is 17.6 Å². The molecule has 2 aromatic rings. The number of ketones is 2. The molecule has 8 nitrogen and oxygen atoms in total. The molecule has 0 saturated heterocycles. The highest BCUT2D eigenvalue weighted by atomic mass is 16.5. The van der Waals surface area contributed by atoms with Crippen LogP contribution in [-0.2, 0) is 23.9 Å². The van der Waals surface area contributed by atoms with E-state index in [9.17, 15) is 24.0 Å². The number of nitrogens with one attached hydrogen (secondary N) is 1. The average Bonchev–Trinajstić information content (AvgIpc) is 3.20. The molecule has 206 valence electrons. The van der Waals surface area contributed by atoms with Crippen molar-refractivity contribution in [2.45, 2.75) is 71.8 Å². The minimum Gasteiger partial charge on any atom is -0.458 e. The van der Waals surface area contributed by atoms with Crippen molar-refractivity contribution in [1.82, 2.24) is 0 Å². The third-order valence-corrected chi connectivity index (χ3v) is 5.94. The number of benzene rings is 2. The van der Waals surface area contributed by atoms with E-state index in [0.29, 0.717) is 35.4 Å². The molecule has 1 unspecified atom stereocenters. The van der Waals surface area contributed by atoms with E-state index >= 15 is 0 Å². The monoisotopic (exact) mass is 533 g/mol. The van der Waals surface area contributed by atoms with Gasteiger partial charge in [-0.25, -0.2) is 0 Å². The van der Waals surface area contributed by atoms with Crippen molar-refractivity contribution < 1.29 is 33.4 Å². The van der Waals surface area contributed by atoms with Crippen molar-refractivity contribution in [3.05, 3.63) is 71.8 Å². The zero-order valence-electron chi connectivity index (χ0n) is 22.7. The van der Waals surface area contributed by atoms with Gasteiger partial charge in [-0.3, -0.25) is 24.0 Å². The van der Waals surface area contributed by atoms with Gasteiger partial charge in [0, 0.05) is 36.1 Å². The quantitative estimate of drug-likeness (QED) is 0.214. The molecule has 0 spiro atoms. The topological polar surface area (TPSA) is 116 Å². The summed E-state index contributed by atoms with van der Waals surface area (Å²) in [4.78, 5) is 61.0. The Labute approximate surface area is 228 Å². The van der Waals surface area contributed by atoms with Gasteiger partial charge in [0.05, 0.1) is 12.8 Å². The fourth-order valence-corrected chi connectivity index (χ4v) is 4.04. The maximum absolute atomic E-state index is 12.3. The molecule has 0 saturated carbocycles. The van der Waals surface area contributed by atoms with Gasteiger partial charge in [0.2, 0.25) is 0 Å². The number of ether oxygens (including phenoxy) is 2. The van der Waals surface area contributed by atoms with Gasteiger partial charge < -0.3 is 14.8 Å². The highest BCUT2D eigenvalue weighted by molar-refractivity contribution is 6.04. The van der Waals surface area contributed by atoms with Crippen LogP contribution in [0.4, 0.5) is 5.69 Å². The fourth-order valence-electron chi connectivity index (χ4n) is 4.04. The molecule has 0 heterocycles. The number of anilines is 1. The first-order chi connectivity index (χ1) is 18.5. The molecule has 1 N–H and O–H groups in total. The molecule has 3 rings (SSSR count). The van der Waals surface area contributed by atoms with E-state index in [1.807, 2.05) is 26.8 Å². The Morgan fingerprint density at radius 1 is 0.897 bits per heavy atom. The first kappa shape index (κ1) is 29.5. The summed E-state index contributed by atoms with van der Waals surface area (Å²) < 4.78 is 10.7. The van der Waals surface area contributed by atoms with E-state index in [-0.39, 0.29) is 61.0 Å². The number of amides is 1. The molecule has 8 heteroatoms. The van der Waals surface area contributed by atoms with Crippen molar-refractivity contribution >= 4 is 35.1 Å². The van der Waals surface area contributed by atoms with Gasteiger partial charge in [0.15, 0.2) is 5.78 Å². The zero-order chi connectivity index (χ0) is 28.4. The lowest BCUT2D eigenvalue weighted by Crippen LogP contribution is -2.20. The molecule has 2 aromatic carbocycles. The number of Topliss-reactive ketones (excluding diaryl/α,β-unsaturated/α-hetero) is 2. The standard InChI is InChI=1S/C31H35NO7/c1-31(2,3)20-29(36)39-26-18-22(27(34)19-26)17-24(33)11-7-8-12-28(35)38-25-15-13-23(14-16-25)32-30(37)21-9-5-4-6-10-21/h4-6,9-10,13-16,18,26H,7-8,11-12,17,19-20H2,1-3H3,(H,32,37). The molecule has 1 aliphatic rings. The van der Waals surface area contributed by atoms with Crippen LogP contribution in [0.25, 0.3) is 0 Å². The lowest BCUT2D eigenvalue weighted by molar-refractivity contribution is -0.149. The molecular formula is C31H35NO7. The highest BCUT2D eigenvalue weighted by Crippen LogP contribution is 2.25. The predicted molar refractivity (Wildman–Crippen MR) is 146 cm³/mol. The minimum atomic E-state index is -0.612. The first-order valence-corrected chi connectivity index (χ1v) is 13.1. The van der Waals surface area contributed by atoms with Gasteiger partial charge in [-0.2, -0.15) is 0 Å². The third-order valence-electron chi connectivity index (χ3n) is 5.94. The van der Waals surface area contributed by atoms with Crippen LogP contribution in [0.5, 0.6) is 5.75 Å². The second-order valence-corrected chi connectivity index (χ2v) is 10.8. The molecule has 0 aromatic heterocycles. The zero-order valence-corrected chi connectivity index (χ0v) is 22.7. The first-order valence-electron chi connectivity index (χ1n) is 13.1. The Kier molecular flexibility index (Phi) is 10.3. The highest BCUT2D eigenvalue weighted by Gasteiger charge is 2.29. The maximum atomic E-state index is 12.3. The lowest BCUT2D eigenvalue weighted by atomic mass is 9.92. The third kappa shape index (κ3) is 10.3. The summed E-state index contributed by atoms with van der Waals surface area (Å²) in [5, 5.41) is 2.78. The maximum Gasteiger partial charge on any atom is 0.311 e. The Morgan fingerprint density at radius 3 is 2.23 bits per heavy atom. The Hall–Kier alpha value is -4.07. The molecule has 1 atom stereocenters. The number of hydrogen-bond donors (Lipinski definition) is 1. The summed E-state index contributed by atoms with van der Waals surface area (Å²) in [6.07, 6.45) is 2.64. The number of carbonyl (C=O) groups is 5. The van der Waals surface area contributed by atoms with Crippen LogP contribution in [0.1, 0.15) is 76.1 Å². The van der Waals surface area contributed by atoms with Crippen LogP contribution in [0.2, 0.25) is 0 Å². The number of unbranched alkanes of at least 4 members (excludes halogenated alkanes) is 1. The lowest BCUT2D eigenvalue weighted by Gasteiger charge is -2.18. The summed E-state index contributed by atoms with van der Waals surface area (Å²) in [6.45, 7) is 5.79. The minimum absolute atomic E-state index is 0.00373. The number of carbonyl (C=O) groups excluding carboxylic acids is 5. The van der Waals surface area contributed by atoms with E-state index < -0.39 is 12.1 Å². The fraction of sp³-hybridized carbons (Fsp3) is 0.387. The largest absolute Gasteiger partial charge is 0.458 e. The summed E-state index contributed by atoms with van der Waals surface area (Å²) >= 11 is 0. The van der Waals surface area contributed by atoms with Crippen molar-refractivity contribution in [3.63, 3.8) is 0 Å². The SMILES string of the molecule is CC(C)(C)CC(=O)OC1C=C(CC(=O)CCCCC(=O)Oc2ccc(NC(=O)c3ccccc3)cc2)C(=O)C1. The predicted octanol–water partition coefficient (Wildman–Crippen LogP) is 5.61. The Morgan fingerprint density at radius 2 is 1.56 bits per heavy atom. The molecule has 1 amide bonds. The molecule has 0 radical (unpaired) electrons. The van der Waals surface area contributed by atoms with Crippen molar-refractivity contribution in [1.29, 1.82) is 0 Å². The van der Waals surface area contributed by atoms with E-state index in [1.54, 1.807) is 54.6 Å². The van der Waals surface area contributed by atoms with Crippen molar-refractivity contribution in [2.24, 2.45) is 5.41 Å². The Balaban J connectivity index is 1.34. The van der Waals surface area contributed by atoms with Crippen LogP contribution < -0.4 is 10.1 Å². The Bertz CT molecular complexity index is 1220. The molecule has 1 aliphatic carbocycles. The summed E-state index contributed by atoms with van der Waals surface area (Å²) in [6, 6.07) is 15.3. The van der Waals surface area contributed by atoms with Gasteiger partial charge in [-0.15, -0.1) is 0 Å². The number of allylic oxidation sites excluding steroid dienone is 1. The van der Waals surface area contributed by atoms with Gasteiger partial charge >= 0.3 is 11.9 Å². The summed E-state index contributed by atoms with van der Waals surface area (Å²) in [5.41, 5.74) is 1.30. The van der Waals surface area contributed by atoms with Gasteiger partial charge in [0.25, 0.3) is 5.91 Å². The molecule has 0 aliphatic heterocycles. The van der Waals surface area contributed by atoms with E-state index in [2.05, 4.69) is 5.32 Å². The van der Waals surface area contributed by atoms with Gasteiger partial charge in [-0.1, -0.05) is 39.0 Å². The smallest absolute Gasteiger partial charge is 0.311 e. The normalized spacial score (nSPS) is 14.9. The van der Waals surface area contributed by atoms with Crippen LogP contribution in [-0.4, -0.2) is 35.5 Å². The van der Waals surface area contributed by atoms with E-state index in [4.69, 9.17) is 9.47 Å². The number of esters is 2. The number of rotatable bonds is 12. The van der Waals surface area contributed by atoms with Crippen LogP contribution in [0.15, 0.2) is 66.2 Å². The van der Waals surface area contributed by atoms with Gasteiger partial charge in [-0.05, 0) is 60.7 Å². The van der Waals surface area contributed by atoms with Crippen molar-refractivity contribution in [2.75, 3.05) is 5.32 Å². The van der Waals surface area contributed by atoms with E-state index in [0.717, 1.165) is 0 Å². The second-order valence-electron chi connectivity index (χ2n) is 10.8. The summed E-state index contributed by atoms with van der Waals surface area (Å²) in [5.74, 6) is -0.927. The van der Waals surface area contributed by atoms with E-state index in [1.165, 1.54) is 0 Å². The molecule has 0 fully saturated rings. The summed E-state index contributed by atoms with van der Waals surface area (Å²) in [7, 11) is 0. The molecular weight excluding hydrogens is 498 g/mol. The second kappa shape index (κ2) is 13.6. The van der Waals surface area contributed by atoms with Crippen molar-refractivity contribution in [3.8, 4) is 5.75 Å². The van der Waals surface area contributed by atoms with Crippen LogP contribution in [0, 0.1) is 5.41 Å².